The van der Waals surface area contributed by atoms with E-state index in [4.69, 9.17) is 23.2 Å². The molecular formula is C28H20Cl2. The second-order valence-corrected chi connectivity index (χ2v) is 9.05. The minimum atomic E-state index is 0.897. The van der Waals surface area contributed by atoms with Crippen molar-refractivity contribution in [2.24, 2.45) is 0 Å². The molecule has 146 valence electrons. The monoisotopic (exact) mass is 426 g/mol. The molecule has 0 fully saturated rings. The first-order chi connectivity index (χ1) is 14.7. The Labute approximate surface area is 187 Å². The van der Waals surface area contributed by atoms with Crippen molar-refractivity contribution in [1.82, 2.24) is 0 Å². The Kier molecular flexibility index (Phi) is 4.26. The molecule has 0 bridgehead atoms. The van der Waals surface area contributed by atoms with Crippen LogP contribution in [0.25, 0.3) is 22.3 Å². The number of hydrogen-bond donors (Lipinski definition) is 0. The average molecular weight is 427 g/mol. The van der Waals surface area contributed by atoms with Gasteiger partial charge < -0.3 is 0 Å². The number of fused-ring (bicyclic) bond motifs is 6. The maximum absolute atomic E-state index is 6.87. The summed E-state index contributed by atoms with van der Waals surface area (Å²) in [6.45, 7) is 0. The Bertz CT molecular complexity index is 1210. The molecule has 4 aromatic rings. The molecule has 30 heavy (non-hydrogen) atoms. The SMILES string of the molecule is Clc1c(CCc2ccc3c(c2Cl)Cc2ccccc2-3)ccc2c1Cc1ccccc1-2. The van der Waals surface area contributed by atoms with Crippen LogP contribution in [-0.2, 0) is 25.7 Å². The summed E-state index contributed by atoms with van der Waals surface area (Å²) >= 11 is 13.7. The topological polar surface area (TPSA) is 0 Å². The van der Waals surface area contributed by atoms with Gasteiger partial charge in [-0.15, -0.1) is 0 Å². The van der Waals surface area contributed by atoms with Gasteiger partial charge in [0.15, 0.2) is 0 Å². The van der Waals surface area contributed by atoms with E-state index in [1.807, 2.05) is 0 Å². The lowest BCUT2D eigenvalue weighted by Crippen LogP contribution is -1.97. The van der Waals surface area contributed by atoms with Crippen LogP contribution in [0.1, 0.15) is 33.4 Å². The van der Waals surface area contributed by atoms with E-state index in [0.29, 0.717) is 0 Å². The van der Waals surface area contributed by atoms with Crippen molar-refractivity contribution in [2.75, 3.05) is 0 Å². The van der Waals surface area contributed by atoms with Gasteiger partial charge in [-0.3, -0.25) is 0 Å². The van der Waals surface area contributed by atoms with Crippen LogP contribution in [0.4, 0.5) is 0 Å². The molecule has 0 aliphatic heterocycles. The van der Waals surface area contributed by atoms with Gasteiger partial charge >= 0.3 is 0 Å². The summed E-state index contributed by atoms with van der Waals surface area (Å²) in [4.78, 5) is 0. The molecule has 2 heteroatoms. The van der Waals surface area contributed by atoms with Crippen LogP contribution in [0.3, 0.4) is 0 Å². The third-order valence-electron chi connectivity index (χ3n) is 6.66. The van der Waals surface area contributed by atoms with Crippen molar-refractivity contribution in [2.45, 2.75) is 25.7 Å². The van der Waals surface area contributed by atoms with E-state index in [1.165, 1.54) is 55.6 Å². The van der Waals surface area contributed by atoms with Gasteiger partial charge in [-0.2, -0.15) is 0 Å². The van der Waals surface area contributed by atoms with Crippen molar-refractivity contribution < 1.29 is 0 Å². The third-order valence-corrected chi connectivity index (χ3v) is 7.60. The van der Waals surface area contributed by atoms with Crippen molar-refractivity contribution in [3.8, 4) is 22.3 Å². The molecule has 2 aliphatic carbocycles. The molecule has 0 N–H and O–H groups in total. The lowest BCUT2D eigenvalue weighted by Gasteiger charge is -2.12. The lowest BCUT2D eigenvalue weighted by molar-refractivity contribution is 0.955. The second kappa shape index (κ2) is 7.01. The highest BCUT2D eigenvalue weighted by molar-refractivity contribution is 6.33. The molecule has 2 aliphatic rings. The zero-order chi connectivity index (χ0) is 20.2. The Morgan fingerprint density at radius 1 is 0.500 bits per heavy atom. The minimum Gasteiger partial charge on any atom is -0.0837 e. The summed E-state index contributed by atoms with van der Waals surface area (Å²) in [7, 11) is 0. The standard InChI is InChI=1S/C28H20Cl2/c29-27-17(11-13-23-21-7-3-1-5-19(21)15-25(23)27)9-10-18-12-14-24-22-8-4-2-6-20(22)16-26(24)28(18)30/h1-8,11-14H,9-10,15-16H2. The molecule has 0 saturated heterocycles. The molecule has 0 nitrogen and oxygen atoms in total. The molecule has 0 spiro atoms. The molecule has 0 saturated carbocycles. The van der Waals surface area contributed by atoms with Crippen LogP contribution in [0.2, 0.25) is 10.0 Å². The van der Waals surface area contributed by atoms with E-state index in [2.05, 4.69) is 72.8 Å². The number of rotatable bonds is 3. The van der Waals surface area contributed by atoms with Gasteiger partial charge in [-0.1, -0.05) is 96.0 Å². The number of hydrogen-bond acceptors (Lipinski definition) is 0. The number of aryl methyl sites for hydroxylation is 2. The fourth-order valence-electron chi connectivity index (χ4n) is 5.10. The zero-order valence-corrected chi connectivity index (χ0v) is 18.0. The Hall–Kier alpha value is -2.54. The fourth-order valence-corrected chi connectivity index (χ4v) is 5.75. The van der Waals surface area contributed by atoms with Crippen LogP contribution < -0.4 is 0 Å². The van der Waals surface area contributed by atoms with Crippen LogP contribution in [0, 0.1) is 0 Å². The predicted molar refractivity (Wildman–Crippen MR) is 127 cm³/mol. The number of benzene rings is 4. The highest BCUT2D eigenvalue weighted by Crippen LogP contribution is 2.43. The molecule has 0 heterocycles. The van der Waals surface area contributed by atoms with Crippen molar-refractivity contribution in [3.63, 3.8) is 0 Å². The molecule has 0 unspecified atom stereocenters. The maximum atomic E-state index is 6.87. The molecule has 0 aromatic heterocycles. The van der Waals surface area contributed by atoms with Crippen LogP contribution >= 0.6 is 23.2 Å². The van der Waals surface area contributed by atoms with E-state index in [9.17, 15) is 0 Å². The summed E-state index contributed by atoms with van der Waals surface area (Å²) < 4.78 is 0. The Balaban J connectivity index is 1.28. The normalized spacial score (nSPS) is 13.0. The Morgan fingerprint density at radius 3 is 1.40 bits per heavy atom. The van der Waals surface area contributed by atoms with Crippen molar-refractivity contribution in [1.29, 1.82) is 0 Å². The first kappa shape index (κ1) is 18.2. The summed E-state index contributed by atoms with van der Waals surface area (Å²) in [6, 6.07) is 26.1. The van der Waals surface area contributed by atoms with Crippen molar-refractivity contribution >= 4 is 23.2 Å². The summed E-state index contributed by atoms with van der Waals surface area (Å²) in [5, 5.41) is 1.85. The largest absolute Gasteiger partial charge is 0.0837 e. The number of halogens is 2. The van der Waals surface area contributed by atoms with Gasteiger partial charge in [-0.05, 0) is 68.5 Å². The quantitative estimate of drug-likeness (QED) is 0.269. The molecule has 0 atom stereocenters. The van der Waals surface area contributed by atoms with Gasteiger partial charge in [0.2, 0.25) is 0 Å². The van der Waals surface area contributed by atoms with E-state index in [-0.39, 0.29) is 0 Å². The zero-order valence-electron chi connectivity index (χ0n) is 16.5. The fraction of sp³-hybridized carbons (Fsp3) is 0.143. The van der Waals surface area contributed by atoms with Gasteiger partial charge in [0.1, 0.15) is 0 Å². The second-order valence-electron chi connectivity index (χ2n) is 8.30. The maximum Gasteiger partial charge on any atom is 0.0479 e. The van der Waals surface area contributed by atoms with Crippen molar-refractivity contribution in [3.05, 3.63) is 116 Å². The molecule has 6 rings (SSSR count). The van der Waals surface area contributed by atoms with Gasteiger partial charge in [0.25, 0.3) is 0 Å². The smallest absolute Gasteiger partial charge is 0.0479 e. The van der Waals surface area contributed by atoms with Crippen LogP contribution in [-0.4, -0.2) is 0 Å². The highest BCUT2D eigenvalue weighted by Gasteiger charge is 2.23. The molecular weight excluding hydrogens is 407 g/mol. The van der Waals surface area contributed by atoms with Gasteiger partial charge in [0.05, 0.1) is 0 Å². The third kappa shape index (κ3) is 2.75. The lowest BCUT2D eigenvalue weighted by atomic mass is 9.97. The van der Waals surface area contributed by atoms with E-state index in [1.54, 1.807) is 0 Å². The summed E-state index contributed by atoms with van der Waals surface area (Å²) in [6.07, 6.45) is 3.65. The van der Waals surface area contributed by atoms with Gasteiger partial charge in [-0.25, -0.2) is 0 Å². The minimum absolute atomic E-state index is 0.897. The van der Waals surface area contributed by atoms with E-state index < -0.39 is 0 Å². The first-order valence-corrected chi connectivity index (χ1v) is 11.2. The molecule has 4 aromatic carbocycles. The van der Waals surface area contributed by atoms with Crippen LogP contribution in [0.15, 0.2) is 72.8 Å². The van der Waals surface area contributed by atoms with Gasteiger partial charge in [0, 0.05) is 22.9 Å². The van der Waals surface area contributed by atoms with E-state index >= 15 is 0 Å². The van der Waals surface area contributed by atoms with Crippen LogP contribution in [0.5, 0.6) is 0 Å². The Morgan fingerprint density at radius 2 is 0.933 bits per heavy atom. The highest BCUT2D eigenvalue weighted by atomic mass is 35.5. The molecule has 0 radical (unpaired) electrons. The van der Waals surface area contributed by atoms with E-state index in [0.717, 1.165) is 35.7 Å². The summed E-state index contributed by atoms with van der Waals surface area (Å²) in [5.74, 6) is 0. The average Bonchev–Trinajstić information content (AvgIpc) is 3.34. The predicted octanol–water partition coefficient (Wildman–Crippen LogP) is 7.92. The first-order valence-electron chi connectivity index (χ1n) is 10.5. The summed E-state index contributed by atoms with van der Waals surface area (Å²) in [5.41, 5.74) is 12.9. The molecule has 0 amide bonds.